The van der Waals surface area contributed by atoms with Gasteiger partial charge in [-0.05, 0) is 24.1 Å². The molecule has 1 atom stereocenters. The van der Waals surface area contributed by atoms with Crippen LogP contribution in [0.15, 0.2) is 18.2 Å². The molecule has 0 spiro atoms. The quantitative estimate of drug-likeness (QED) is 0.731. The highest BCUT2D eigenvalue weighted by Gasteiger charge is 2.15. The first-order valence-corrected chi connectivity index (χ1v) is 5.90. The average molecular weight is 282 g/mol. The van der Waals surface area contributed by atoms with Crippen molar-refractivity contribution in [3.8, 4) is 0 Å². The molecule has 7 heteroatoms. The number of hydrogen-bond acceptors (Lipinski definition) is 3. The molecule has 20 heavy (non-hydrogen) atoms. The zero-order chi connectivity index (χ0) is 15.3. The molecule has 0 aliphatic carbocycles. The number of halogens is 1. The van der Waals surface area contributed by atoms with Crippen LogP contribution in [0.1, 0.15) is 30.1 Å². The van der Waals surface area contributed by atoms with Crippen molar-refractivity contribution in [2.24, 2.45) is 11.7 Å². The van der Waals surface area contributed by atoms with Crippen LogP contribution >= 0.6 is 0 Å². The molecule has 0 aliphatic heterocycles. The summed E-state index contributed by atoms with van der Waals surface area (Å²) in [5.41, 5.74) is 4.97. The summed E-state index contributed by atoms with van der Waals surface area (Å²) in [6.45, 7) is 1.60. The van der Waals surface area contributed by atoms with Crippen LogP contribution in [0.4, 0.5) is 10.1 Å². The average Bonchev–Trinajstić information content (AvgIpc) is 2.30. The number of carbonyl (C=O) groups excluding carboxylic acids is 2. The summed E-state index contributed by atoms with van der Waals surface area (Å²) in [5, 5.41) is 10.9. The normalized spacial score (nSPS) is 11.7. The molecule has 0 heterocycles. The molecule has 108 valence electrons. The molecule has 4 N–H and O–H groups in total. The molecule has 0 bridgehead atoms. The van der Waals surface area contributed by atoms with Crippen molar-refractivity contribution in [3.05, 3.63) is 29.6 Å². The second-order valence-electron chi connectivity index (χ2n) is 4.51. The first kappa shape index (κ1) is 15.6. The molecule has 0 fully saturated rings. The summed E-state index contributed by atoms with van der Waals surface area (Å²) >= 11 is 0. The predicted octanol–water partition coefficient (Wildman–Crippen LogP) is 1.36. The van der Waals surface area contributed by atoms with Crippen LogP contribution in [0.25, 0.3) is 0 Å². The fourth-order valence-electron chi connectivity index (χ4n) is 1.66. The van der Waals surface area contributed by atoms with Crippen molar-refractivity contribution in [2.45, 2.75) is 19.8 Å². The van der Waals surface area contributed by atoms with Gasteiger partial charge in [-0.3, -0.25) is 14.4 Å². The Morgan fingerprint density at radius 2 is 2.00 bits per heavy atom. The summed E-state index contributed by atoms with van der Waals surface area (Å²) in [6.07, 6.45) is -0.218. The molecule has 6 nitrogen and oxygen atoms in total. The van der Waals surface area contributed by atoms with Crippen molar-refractivity contribution in [1.82, 2.24) is 0 Å². The molecule has 2 amide bonds. The number of anilines is 1. The standard InChI is InChI=1S/C13H15FN2O4/c1-7(5-12(18)19)4-11(17)16-10-6-8(13(15)20)2-3-9(10)14/h2-3,6-7H,4-5H2,1H3,(H2,15,20)(H,16,17)(H,18,19). The van der Waals surface area contributed by atoms with Crippen LogP contribution in [0.2, 0.25) is 0 Å². The van der Waals surface area contributed by atoms with Gasteiger partial charge in [-0.25, -0.2) is 4.39 Å². The number of benzene rings is 1. The van der Waals surface area contributed by atoms with Crippen LogP contribution in [0.3, 0.4) is 0 Å². The van der Waals surface area contributed by atoms with E-state index in [0.29, 0.717) is 0 Å². The number of hydrogen-bond donors (Lipinski definition) is 3. The van der Waals surface area contributed by atoms with E-state index < -0.39 is 23.6 Å². The lowest BCUT2D eigenvalue weighted by atomic mass is 10.0. The number of rotatable bonds is 6. The highest BCUT2D eigenvalue weighted by molar-refractivity contribution is 5.96. The lowest BCUT2D eigenvalue weighted by Gasteiger charge is -2.10. The van der Waals surface area contributed by atoms with Gasteiger partial charge in [0.15, 0.2) is 0 Å². The Morgan fingerprint density at radius 1 is 1.35 bits per heavy atom. The molecule has 0 saturated carbocycles. The second kappa shape index (κ2) is 6.65. The van der Waals surface area contributed by atoms with E-state index in [1.54, 1.807) is 6.92 Å². The molecule has 0 aliphatic rings. The third-order valence-electron chi connectivity index (χ3n) is 2.58. The topological polar surface area (TPSA) is 109 Å². The van der Waals surface area contributed by atoms with Crippen molar-refractivity contribution in [3.63, 3.8) is 0 Å². The van der Waals surface area contributed by atoms with Crippen LogP contribution in [-0.2, 0) is 9.59 Å². The minimum Gasteiger partial charge on any atom is -0.481 e. The van der Waals surface area contributed by atoms with E-state index in [2.05, 4.69) is 5.32 Å². The van der Waals surface area contributed by atoms with E-state index in [0.717, 1.165) is 12.1 Å². The molecular formula is C13H15FN2O4. The SMILES string of the molecule is CC(CC(=O)O)CC(=O)Nc1cc(C(N)=O)ccc1F. The lowest BCUT2D eigenvalue weighted by molar-refractivity contribution is -0.138. The Labute approximate surface area is 114 Å². The predicted molar refractivity (Wildman–Crippen MR) is 69.6 cm³/mol. The molecule has 0 aromatic heterocycles. The van der Waals surface area contributed by atoms with Gasteiger partial charge < -0.3 is 16.2 Å². The van der Waals surface area contributed by atoms with Crippen LogP contribution in [0.5, 0.6) is 0 Å². The fourth-order valence-corrected chi connectivity index (χ4v) is 1.66. The monoisotopic (exact) mass is 282 g/mol. The molecule has 1 rings (SSSR count). The second-order valence-corrected chi connectivity index (χ2v) is 4.51. The highest BCUT2D eigenvalue weighted by Crippen LogP contribution is 2.17. The zero-order valence-electron chi connectivity index (χ0n) is 10.9. The maximum atomic E-state index is 13.5. The molecule has 1 aromatic carbocycles. The van der Waals surface area contributed by atoms with E-state index >= 15 is 0 Å². The maximum absolute atomic E-state index is 13.5. The number of amides is 2. The lowest BCUT2D eigenvalue weighted by Crippen LogP contribution is -2.18. The van der Waals surface area contributed by atoms with E-state index in [1.165, 1.54) is 6.07 Å². The summed E-state index contributed by atoms with van der Waals surface area (Å²) in [4.78, 5) is 33.1. The molecule has 0 radical (unpaired) electrons. The first-order valence-electron chi connectivity index (χ1n) is 5.90. The number of nitrogens with two attached hydrogens (primary N) is 1. The Kier molecular flexibility index (Phi) is 5.19. The third-order valence-corrected chi connectivity index (χ3v) is 2.58. The minimum absolute atomic E-state index is 0.0630. The largest absolute Gasteiger partial charge is 0.481 e. The number of carboxylic acids is 1. The van der Waals surface area contributed by atoms with Gasteiger partial charge in [0.05, 0.1) is 5.69 Å². The van der Waals surface area contributed by atoms with Crippen LogP contribution < -0.4 is 11.1 Å². The Bertz CT molecular complexity index is 545. The number of carbonyl (C=O) groups is 3. The summed E-state index contributed by atoms with van der Waals surface area (Å²) < 4.78 is 13.5. The van der Waals surface area contributed by atoms with E-state index in [1.807, 2.05) is 0 Å². The van der Waals surface area contributed by atoms with Crippen molar-refractivity contribution < 1.29 is 23.9 Å². The van der Waals surface area contributed by atoms with Gasteiger partial charge in [-0.2, -0.15) is 0 Å². The van der Waals surface area contributed by atoms with Crippen LogP contribution in [-0.4, -0.2) is 22.9 Å². The smallest absolute Gasteiger partial charge is 0.303 e. The summed E-state index contributed by atoms with van der Waals surface area (Å²) in [6, 6.07) is 3.37. The fraction of sp³-hybridized carbons (Fsp3) is 0.308. The number of aliphatic carboxylic acids is 1. The van der Waals surface area contributed by atoms with Gasteiger partial charge >= 0.3 is 5.97 Å². The van der Waals surface area contributed by atoms with Gasteiger partial charge in [0, 0.05) is 18.4 Å². The van der Waals surface area contributed by atoms with Gasteiger partial charge in [0.2, 0.25) is 11.8 Å². The molecule has 1 aromatic rings. The van der Waals surface area contributed by atoms with Crippen molar-refractivity contribution in [2.75, 3.05) is 5.32 Å². The third kappa shape index (κ3) is 4.68. The highest BCUT2D eigenvalue weighted by atomic mass is 19.1. The van der Waals surface area contributed by atoms with Crippen molar-refractivity contribution >= 4 is 23.5 Å². The first-order chi connectivity index (χ1) is 9.29. The molecular weight excluding hydrogens is 267 g/mol. The molecule has 1 unspecified atom stereocenters. The Hall–Kier alpha value is -2.44. The van der Waals surface area contributed by atoms with E-state index in [4.69, 9.17) is 10.8 Å². The van der Waals surface area contributed by atoms with Crippen LogP contribution in [0, 0.1) is 11.7 Å². The summed E-state index contributed by atoms with van der Waals surface area (Å²) in [5.74, 6) is -3.35. The molecule has 0 saturated heterocycles. The van der Waals surface area contributed by atoms with Gasteiger partial charge in [-0.15, -0.1) is 0 Å². The zero-order valence-corrected chi connectivity index (χ0v) is 10.9. The van der Waals surface area contributed by atoms with Crippen molar-refractivity contribution in [1.29, 1.82) is 0 Å². The van der Waals surface area contributed by atoms with Gasteiger partial charge in [-0.1, -0.05) is 6.92 Å². The van der Waals surface area contributed by atoms with E-state index in [9.17, 15) is 18.8 Å². The van der Waals surface area contributed by atoms with E-state index in [-0.39, 0.29) is 30.0 Å². The Balaban J connectivity index is 2.72. The number of nitrogens with one attached hydrogen (secondary N) is 1. The number of primary amides is 1. The minimum atomic E-state index is -1.01. The maximum Gasteiger partial charge on any atom is 0.303 e. The number of carboxylic acid groups (broad SMARTS) is 1. The van der Waals surface area contributed by atoms with Gasteiger partial charge in [0.25, 0.3) is 0 Å². The summed E-state index contributed by atoms with van der Waals surface area (Å²) in [7, 11) is 0. The Morgan fingerprint density at radius 3 is 2.55 bits per heavy atom. The van der Waals surface area contributed by atoms with Gasteiger partial charge in [0.1, 0.15) is 5.82 Å².